The van der Waals surface area contributed by atoms with Gasteiger partial charge in [0.15, 0.2) is 0 Å². The summed E-state index contributed by atoms with van der Waals surface area (Å²) in [6.07, 6.45) is 3.67. The van der Waals surface area contributed by atoms with Gasteiger partial charge in [0, 0.05) is 19.2 Å². The molecule has 0 aromatic rings. The maximum Gasteiger partial charge on any atom is 0.234 e. The minimum atomic E-state index is 0.0530. The van der Waals surface area contributed by atoms with Crippen LogP contribution in [0.25, 0.3) is 0 Å². The number of amides is 1. The number of rotatable bonds is 6. The van der Waals surface area contributed by atoms with Crippen LogP contribution in [-0.4, -0.2) is 38.3 Å². The number of carbonyl (C=O) groups is 1. The lowest BCUT2D eigenvalue weighted by molar-refractivity contribution is -0.121. The van der Waals surface area contributed by atoms with Gasteiger partial charge in [0.1, 0.15) is 0 Å². The minimum Gasteiger partial charge on any atom is -0.383 e. The third-order valence-corrected chi connectivity index (χ3v) is 3.59. The van der Waals surface area contributed by atoms with Crippen molar-refractivity contribution in [3.8, 4) is 0 Å². The van der Waals surface area contributed by atoms with E-state index in [-0.39, 0.29) is 11.9 Å². The fourth-order valence-electron chi connectivity index (χ4n) is 2.54. The van der Waals surface area contributed by atoms with E-state index in [1.807, 2.05) is 6.92 Å². The first-order valence-corrected chi connectivity index (χ1v) is 6.47. The van der Waals surface area contributed by atoms with Gasteiger partial charge < -0.3 is 15.4 Å². The van der Waals surface area contributed by atoms with Gasteiger partial charge in [0.25, 0.3) is 0 Å². The van der Waals surface area contributed by atoms with E-state index in [1.54, 1.807) is 7.11 Å². The Morgan fingerprint density at radius 1 is 1.53 bits per heavy atom. The molecule has 1 amide bonds. The van der Waals surface area contributed by atoms with Crippen molar-refractivity contribution in [2.24, 2.45) is 5.41 Å². The minimum absolute atomic E-state index is 0.0530. The van der Waals surface area contributed by atoms with Gasteiger partial charge in [-0.1, -0.05) is 20.3 Å². The second-order valence-electron chi connectivity index (χ2n) is 5.74. The lowest BCUT2D eigenvalue weighted by Crippen LogP contribution is -2.46. The predicted octanol–water partition coefficient (Wildman–Crippen LogP) is 1.31. The second-order valence-corrected chi connectivity index (χ2v) is 5.74. The van der Waals surface area contributed by atoms with Crippen LogP contribution in [-0.2, 0) is 9.53 Å². The molecule has 0 radical (unpaired) electrons. The molecule has 17 heavy (non-hydrogen) atoms. The highest BCUT2D eigenvalue weighted by atomic mass is 16.5. The first kappa shape index (κ1) is 14.5. The molecule has 1 aliphatic rings. The highest BCUT2D eigenvalue weighted by molar-refractivity contribution is 5.78. The van der Waals surface area contributed by atoms with E-state index in [4.69, 9.17) is 4.74 Å². The van der Waals surface area contributed by atoms with E-state index in [0.717, 1.165) is 0 Å². The summed E-state index contributed by atoms with van der Waals surface area (Å²) in [7, 11) is 1.64. The monoisotopic (exact) mass is 242 g/mol. The number of carbonyl (C=O) groups excluding carboxylic acids is 1. The summed E-state index contributed by atoms with van der Waals surface area (Å²) in [5.74, 6) is 0.0530. The molecule has 0 spiro atoms. The summed E-state index contributed by atoms with van der Waals surface area (Å²) < 4.78 is 4.98. The molecule has 1 rings (SSSR count). The third-order valence-electron chi connectivity index (χ3n) is 3.59. The van der Waals surface area contributed by atoms with Crippen LogP contribution >= 0.6 is 0 Å². The van der Waals surface area contributed by atoms with Gasteiger partial charge in [-0.15, -0.1) is 0 Å². The summed E-state index contributed by atoms with van der Waals surface area (Å²) in [4.78, 5) is 11.7. The number of hydrogen-bond acceptors (Lipinski definition) is 3. The van der Waals surface area contributed by atoms with Crippen molar-refractivity contribution in [1.29, 1.82) is 0 Å². The van der Waals surface area contributed by atoms with Gasteiger partial charge in [-0.2, -0.15) is 0 Å². The van der Waals surface area contributed by atoms with Crippen molar-refractivity contribution in [2.75, 3.05) is 20.3 Å². The van der Waals surface area contributed by atoms with Crippen LogP contribution in [0.2, 0.25) is 0 Å². The van der Waals surface area contributed by atoms with Gasteiger partial charge in [-0.05, 0) is 25.2 Å². The topological polar surface area (TPSA) is 50.4 Å². The zero-order valence-electron chi connectivity index (χ0n) is 11.5. The summed E-state index contributed by atoms with van der Waals surface area (Å²) in [6, 6.07) is 0.539. The van der Waals surface area contributed by atoms with E-state index in [1.165, 1.54) is 19.3 Å². The van der Waals surface area contributed by atoms with Crippen molar-refractivity contribution in [1.82, 2.24) is 10.6 Å². The van der Waals surface area contributed by atoms with Crippen LogP contribution < -0.4 is 10.6 Å². The average molecular weight is 242 g/mol. The van der Waals surface area contributed by atoms with Crippen LogP contribution in [0, 0.1) is 5.41 Å². The molecule has 1 fully saturated rings. The number of hydrogen-bond donors (Lipinski definition) is 2. The summed E-state index contributed by atoms with van der Waals surface area (Å²) >= 11 is 0. The van der Waals surface area contributed by atoms with Gasteiger partial charge in [0.05, 0.1) is 13.2 Å². The molecule has 0 aliphatic heterocycles. The van der Waals surface area contributed by atoms with Crippen molar-refractivity contribution in [3.05, 3.63) is 0 Å². The molecule has 4 heteroatoms. The van der Waals surface area contributed by atoms with Crippen LogP contribution in [0.4, 0.5) is 0 Å². The van der Waals surface area contributed by atoms with Gasteiger partial charge >= 0.3 is 0 Å². The highest BCUT2D eigenvalue weighted by Crippen LogP contribution is 2.36. The van der Waals surface area contributed by atoms with Crippen molar-refractivity contribution in [3.63, 3.8) is 0 Å². The summed E-state index contributed by atoms with van der Waals surface area (Å²) in [6.45, 7) is 7.44. The lowest BCUT2D eigenvalue weighted by atomic mass is 9.87. The summed E-state index contributed by atoms with van der Waals surface area (Å²) in [5, 5.41) is 6.27. The van der Waals surface area contributed by atoms with E-state index >= 15 is 0 Å². The number of nitrogens with one attached hydrogen (secondary N) is 2. The van der Waals surface area contributed by atoms with Gasteiger partial charge in [0.2, 0.25) is 5.91 Å². The van der Waals surface area contributed by atoms with Crippen molar-refractivity contribution >= 4 is 5.91 Å². The maximum atomic E-state index is 11.7. The molecule has 100 valence electrons. The average Bonchev–Trinajstić information content (AvgIpc) is 2.55. The quantitative estimate of drug-likeness (QED) is 0.738. The Kier molecular flexibility index (Phi) is 5.40. The molecule has 0 bridgehead atoms. The first-order valence-electron chi connectivity index (χ1n) is 6.47. The predicted molar refractivity (Wildman–Crippen MR) is 68.9 cm³/mol. The lowest BCUT2D eigenvalue weighted by Gasteiger charge is -2.28. The molecule has 2 N–H and O–H groups in total. The molecule has 1 saturated carbocycles. The smallest absolute Gasteiger partial charge is 0.234 e. The Bertz CT molecular complexity index is 254. The first-order chi connectivity index (χ1) is 7.95. The van der Waals surface area contributed by atoms with Crippen LogP contribution in [0.5, 0.6) is 0 Å². The Morgan fingerprint density at radius 3 is 2.76 bits per heavy atom. The molecule has 0 saturated heterocycles. The van der Waals surface area contributed by atoms with E-state index in [9.17, 15) is 4.79 Å². The molecular weight excluding hydrogens is 216 g/mol. The molecule has 0 aromatic heterocycles. The Labute approximate surface area is 104 Å². The molecule has 0 heterocycles. The van der Waals surface area contributed by atoms with E-state index < -0.39 is 0 Å². The molecule has 1 aliphatic carbocycles. The Balaban J connectivity index is 2.24. The Hall–Kier alpha value is -0.610. The molecule has 0 aromatic carbocycles. The fourth-order valence-corrected chi connectivity index (χ4v) is 2.54. The molecule has 2 unspecified atom stereocenters. The largest absolute Gasteiger partial charge is 0.383 e. The van der Waals surface area contributed by atoms with Crippen molar-refractivity contribution in [2.45, 2.75) is 52.1 Å². The van der Waals surface area contributed by atoms with Crippen LogP contribution in [0.15, 0.2) is 0 Å². The SMILES string of the molecule is COCC(C)NC(=O)CNC1CCCC1(C)C. The van der Waals surface area contributed by atoms with Gasteiger partial charge in [-0.25, -0.2) is 0 Å². The molecule has 4 nitrogen and oxygen atoms in total. The third kappa shape index (κ3) is 4.64. The Morgan fingerprint density at radius 2 is 2.24 bits per heavy atom. The molecule has 2 atom stereocenters. The van der Waals surface area contributed by atoms with Crippen LogP contribution in [0.3, 0.4) is 0 Å². The number of ether oxygens (including phenoxy) is 1. The maximum absolute atomic E-state index is 11.7. The standard InChI is InChI=1S/C13H26N2O2/c1-10(9-17-4)15-12(16)8-14-11-6-5-7-13(11,2)3/h10-11,14H,5-9H2,1-4H3,(H,15,16). The van der Waals surface area contributed by atoms with Crippen molar-refractivity contribution < 1.29 is 9.53 Å². The summed E-state index contributed by atoms with van der Waals surface area (Å²) in [5.41, 5.74) is 0.318. The van der Waals surface area contributed by atoms with Gasteiger partial charge in [-0.3, -0.25) is 4.79 Å². The number of methoxy groups -OCH3 is 1. The molecular formula is C13H26N2O2. The zero-order valence-corrected chi connectivity index (χ0v) is 11.5. The fraction of sp³-hybridized carbons (Fsp3) is 0.923. The zero-order chi connectivity index (χ0) is 12.9. The van der Waals surface area contributed by atoms with Crippen LogP contribution in [0.1, 0.15) is 40.0 Å². The normalized spacial score (nSPS) is 24.6. The van der Waals surface area contributed by atoms with E-state index in [2.05, 4.69) is 24.5 Å². The second kappa shape index (κ2) is 6.36. The highest BCUT2D eigenvalue weighted by Gasteiger charge is 2.34. The van der Waals surface area contributed by atoms with E-state index in [0.29, 0.717) is 24.6 Å².